The maximum Gasteiger partial charge on any atom is 0.277 e. The van der Waals surface area contributed by atoms with Crippen LogP contribution in [0.15, 0.2) is 47.7 Å². The van der Waals surface area contributed by atoms with Crippen molar-refractivity contribution in [3.63, 3.8) is 0 Å². The molecule has 38 heavy (non-hydrogen) atoms. The molecule has 0 aliphatic carbocycles. The van der Waals surface area contributed by atoms with Crippen LogP contribution in [-0.2, 0) is 6.61 Å². The molecule has 0 unspecified atom stereocenters. The molecule has 9 nitrogen and oxygen atoms in total. The molecule has 0 aromatic carbocycles. The van der Waals surface area contributed by atoms with Gasteiger partial charge in [-0.05, 0) is 38.5 Å². The zero-order valence-corrected chi connectivity index (χ0v) is 21.5. The number of aryl methyl sites for hydroxylation is 2. The maximum absolute atomic E-state index is 13.9. The van der Waals surface area contributed by atoms with Crippen LogP contribution >= 0.6 is 11.6 Å². The van der Waals surface area contributed by atoms with Crippen LogP contribution in [0, 0.1) is 25.5 Å². The fourth-order valence-electron chi connectivity index (χ4n) is 4.24. The quantitative estimate of drug-likeness (QED) is 0.394. The number of hydrogen-bond acceptors (Lipinski definition) is 8. The molecule has 1 fully saturated rings. The summed E-state index contributed by atoms with van der Waals surface area (Å²) in [6.07, 6.45) is 4.13. The Labute approximate surface area is 221 Å². The summed E-state index contributed by atoms with van der Waals surface area (Å²) in [4.78, 5) is 32.2. The summed E-state index contributed by atoms with van der Waals surface area (Å²) >= 11 is 6.37. The number of aromatic nitrogens is 5. The van der Waals surface area contributed by atoms with E-state index >= 15 is 0 Å². The predicted molar refractivity (Wildman–Crippen MR) is 137 cm³/mol. The van der Waals surface area contributed by atoms with Crippen LogP contribution in [-0.4, -0.2) is 48.3 Å². The van der Waals surface area contributed by atoms with Gasteiger partial charge in [-0.15, -0.1) is 0 Å². The lowest BCUT2D eigenvalue weighted by molar-refractivity contribution is 0.0300. The van der Waals surface area contributed by atoms with E-state index in [1.807, 2.05) is 11.8 Å². The van der Waals surface area contributed by atoms with Gasteiger partial charge in [0, 0.05) is 30.2 Å². The number of anilines is 1. The second kappa shape index (κ2) is 9.73. The van der Waals surface area contributed by atoms with Crippen molar-refractivity contribution in [2.75, 3.05) is 18.0 Å². The molecule has 0 atom stereocenters. The van der Waals surface area contributed by atoms with Crippen LogP contribution in [0.5, 0.6) is 5.75 Å². The molecule has 12 heteroatoms. The number of hydrogen-bond donors (Lipinski definition) is 1. The van der Waals surface area contributed by atoms with Crippen LogP contribution in [0.1, 0.15) is 23.9 Å². The fraction of sp³-hybridized carbons (Fsp3) is 0.269. The van der Waals surface area contributed by atoms with E-state index in [4.69, 9.17) is 16.3 Å². The monoisotopic (exact) mass is 540 g/mol. The highest BCUT2D eigenvalue weighted by Crippen LogP contribution is 2.29. The van der Waals surface area contributed by atoms with Crippen LogP contribution in [0.25, 0.3) is 17.1 Å². The third kappa shape index (κ3) is 4.94. The van der Waals surface area contributed by atoms with Gasteiger partial charge in [0.2, 0.25) is 5.95 Å². The van der Waals surface area contributed by atoms with Crippen LogP contribution in [0.3, 0.4) is 0 Å². The molecule has 1 saturated heterocycles. The zero-order chi connectivity index (χ0) is 27.2. The highest BCUT2D eigenvalue weighted by atomic mass is 35.5. The van der Waals surface area contributed by atoms with Crippen molar-refractivity contribution < 1.29 is 18.6 Å². The van der Waals surface area contributed by atoms with E-state index in [9.17, 15) is 18.7 Å². The van der Waals surface area contributed by atoms with Crippen LogP contribution in [0.2, 0.25) is 5.02 Å². The maximum atomic E-state index is 13.9. The molecule has 4 aromatic heterocycles. The van der Waals surface area contributed by atoms with E-state index in [-0.39, 0.29) is 23.1 Å². The number of pyridine rings is 3. The number of rotatable bonds is 6. The summed E-state index contributed by atoms with van der Waals surface area (Å²) in [5.41, 5.74) is 1.40. The molecule has 0 spiro atoms. The smallest absolute Gasteiger partial charge is 0.277 e. The number of aliphatic hydroxyl groups is 1. The molecular weight excluding hydrogens is 518 g/mol. The molecule has 0 amide bonds. The second-order valence-electron chi connectivity index (χ2n) is 9.43. The first-order chi connectivity index (χ1) is 18.0. The molecule has 1 aliphatic heterocycles. The number of β-amino-alcohol motifs (C(OH)–C–C–N with tert-alkyl or cyclic N) is 1. The molecule has 0 bridgehead atoms. The van der Waals surface area contributed by atoms with Gasteiger partial charge in [-0.1, -0.05) is 11.6 Å². The SMILES string of the molecule is Cc1cnc(-c2ccnc(N3CC(C)(O)C3)n2)cc1-n1c(C)cc(OCc2ncc(F)cc2F)c(Cl)c1=O. The highest BCUT2D eigenvalue weighted by molar-refractivity contribution is 6.31. The summed E-state index contributed by atoms with van der Waals surface area (Å²) in [5.74, 6) is -1.14. The molecule has 196 valence electrons. The molecular formula is C26H23ClF2N6O3. The fourth-order valence-corrected chi connectivity index (χ4v) is 4.43. The zero-order valence-electron chi connectivity index (χ0n) is 20.7. The van der Waals surface area contributed by atoms with Crippen molar-refractivity contribution in [3.8, 4) is 22.8 Å². The van der Waals surface area contributed by atoms with Gasteiger partial charge >= 0.3 is 0 Å². The summed E-state index contributed by atoms with van der Waals surface area (Å²) in [6, 6.07) is 5.71. The highest BCUT2D eigenvalue weighted by Gasteiger charge is 2.38. The van der Waals surface area contributed by atoms with Crippen molar-refractivity contribution in [1.82, 2.24) is 24.5 Å². The van der Waals surface area contributed by atoms with Crippen LogP contribution in [0.4, 0.5) is 14.7 Å². The minimum atomic E-state index is -0.863. The Balaban J connectivity index is 1.46. The first-order valence-corrected chi connectivity index (χ1v) is 12.0. The van der Waals surface area contributed by atoms with Crippen molar-refractivity contribution in [2.24, 2.45) is 0 Å². The van der Waals surface area contributed by atoms with Gasteiger partial charge in [0.1, 0.15) is 28.9 Å². The average Bonchev–Trinajstić information content (AvgIpc) is 2.86. The van der Waals surface area contributed by atoms with E-state index < -0.39 is 22.8 Å². The number of halogens is 3. The topological polar surface area (TPSA) is 106 Å². The first-order valence-electron chi connectivity index (χ1n) is 11.6. The Morgan fingerprint density at radius 2 is 1.87 bits per heavy atom. The Bertz CT molecular complexity index is 1600. The van der Waals surface area contributed by atoms with Crippen molar-refractivity contribution in [2.45, 2.75) is 33.0 Å². The summed E-state index contributed by atoms with van der Waals surface area (Å²) in [5, 5.41) is 9.83. The summed E-state index contributed by atoms with van der Waals surface area (Å²) in [6.45, 7) is 5.78. The van der Waals surface area contributed by atoms with Gasteiger partial charge < -0.3 is 14.7 Å². The molecule has 4 aromatic rings. The minimum Gasteiger partial charge on any atom is -0.485 e. The summed E-state index contributed by atoms with van der Waals surface area (Å²) in [7, 11) is 0. The van der Waals surface area contributed by atoms with Crippen molar-refractivity contribution in [1.29, 1.82) is 0 Å². The minimum absolute atomic E-state index is 0.0498. The standard InChI is InChI=1S/C26H23ClF2N6O3/c1-14-9-31-19(18-4-5-30-25(33-18)34-12-26(3,37)13-34)8-21(14)35-15(2)6-22(23(27)24(35)36)38-11-20-17(29)7-16(28)10-32-20/h4-10,37H,11-13H2,1-3H3. The van der Waals surface area contributed by atoms with E-state index in [2.05, 4.69) is 19.9 Å². The van der Waals surface area contributed by atoms with E-state index in [0.717, 1.165) is 6.20 Å². The van der Waals surface area contributed by atoms with Gasteiger partial charge in [-0.2, -0.15) is 0 Å². The molecule has 1 aliphatic rings. The Hall–Kier alpha value is -3.96. The molecule has 5 rings (SSSR count). The molecule has 0 saturated carbocycles. The van der Waals surface area contributed by atoms with Gasteiger partial charge in [0.15, 0.2) is 5.82 Å². The van der Waals surface area contributed by atoms with E-state index in [1.165, 1.54) is 4.57 Å². The third-order valence-electron chi connectivity index (χ3n) is 6.12. The number of nitrogens with zero attached hydrogens (tertiary/aromatic N) is 6. The lowest BCUT2D eigenvalue weighted by atomic mass is 9.98. The second-order valence-corrected chi connectivity index (χ2v) is 9.80. The van der Waals surface area contributed by atoms with Crippen LogP contribution < -0.4 is 15.2 Å². The predicted octanol–water partition coefficient (Wildman–Crippen LogP) is 3.78. The lowest BCUT2D eigenvalue weighted by Crippen LogP contribution is -2.60. The van der Waals surface area contributed by atoms with Gasteiger partial charge in [0.05, 0.1) is 42.0 Å². The van der Waals surface area contributed by atoms with E-state index in [1.54, 1.807) is 44.4 Å². The lowest BCUT2D eigenvalue weighted by Gasteiger charge is -2.44. The largest absolute Gasteiger partial charge is 0.485 e. The normalized spacial score (nSPS) is 14.3. The molecule has 1 N–H and O–H groups in total. The first kappa shape index (κ1) is 25.7. The third-order valence-corrected chi connectivity index (χ3v) is 6.46. The number of ether oxygens (including phenoxy) is 1. The van der Waals surface area contributed by atoms with Gasteiger partial charge in [-0.25, -0.2) is 18.7 Å². The Kier molecular flexibility index (Phi) is 6.58. The Morgan fingerprint density at radius 1 is 1.11 bits per heavy atom. The van der Waals surface area contributed by atoms with Crippen molar-refractivity contribution >= 4 is 17.5 Å². The Morgan fingerprint density at radius 3 is 2.58 bits per heavy atom. The van der Waals surface area contributed by atoms with Gasteiger partial charge in [-0.3, -0.25) is 19.3 Å². The molecule has 5 heterocycles. The average molecular weight is 541 g/mol. The molecule has 0 radical (unpaired) electrons. The van der Waals surface area contributed by atoms with Crippen molar-refractivity contribution in [3.05, 3.63) is 86.8 Å². The van der Waals surface area contributed by atoms with E-state index in [0.29, 0.717) is 53.4 Å². The van der Waals surface area contributed by atoms with Gasteiger partial charge in [0.25, 0.3) is 5.56 Å². The summed E-state index contributed by atoms with van der Waals surface area (Å²) < 4.78 is 34.1.